The second-order valence-corrected chi connectivity index (χ2v) is 5.49. The number of rotatable bonds is 4. The molecule has 4 heteroatoms. The Hall–Kier alpha value is -1.42. The number of hydrogen-bond donors (Lipinski definition) is 0. The molecule has 0 aromatic carbocycles. The highest BCUT2D eigenvalue weighted by atomic mass is 16.5. The Balaban J connectivity index is 1.49. The Labute approximate surface area is 113 Å². The number of aromatic nitrogens is 1. The summed E-state index contributed by atoms with van der Waals surface area (Å²) in [6, 6.07) is 4.37. The van der Waals surface area contributed by atoms with Crippen LogP contribution in [-0.2, 0) is 0 Å². The van der Waals surface area contributed by atoms with Crippen molar-refractivity contribution in [2.75, 3.05) is 13.1 Å². The van der Waals surface area contributed by atoms with Gasteiger partial charge in [0, 0.05) is 37.0 Å². The van der Waals surface area contributed by atoms with E-state index in [9.17, 15) is 4.79 Å². The molecule has 4 nitrogen and oxygen atoms in total. The maximum atomic E-state index is 10.6. The smallest absolute Gasteiger partial charge is 0.213 e. The van der Waals surface area contributed by atoms with Gasteiger partial charge in [0.15, 0.2) is 6.29 Å². The summed E-state index contributed by atoms with van der Waals surface area (Å²) in [6.45, 7) is 2.28. The van der Waals surface area contributed by atoms with Crippen molar-refractivity contribution in [2.45, 2.75) is 44.2 Å². The Morgan fingerprint density at radius 2 is 2.00 bits per heavy atom. The quantitative estimate of drug-likeness (QED) is 0.779. The van der Waals surface area contributed by atoms with Crippen LogP contribution in [0, 0.1) is 0 Å². The minimum atomic E-state index is 0.269. The molecular weight excluding hydrogens is 240 g/mol. The second-order valence-electron chi connectivity index (χ2n) is 5.49. The summed E-state index contributed by atoms with van der Waals surface area (Å²) in [5.41, 5.74) is 0.590. The fourth-order valence-corrected chi connectivity index (χ4v) is 2.81. The lowest BCUT2D eigenvalue weighted by atomic mass is 9.90. The van der Waals surface area contributed by atoms with E-state index < -0.39 is 0 Å². The minimum Gasteiger partial charge on any atom is -0.474 e. The second kappa shape index (κ2) is 5.70. The first-order chi connectivity index (χ1) is 9.35. The van der Waals surface area contributed by atoms with Crippen LogP contribution in [0.3, 0.4) is 0 Å². The summed E-state index contributed by atoms with van der Waals surface area (Å²) >= 11 is 0. The first-order valence-corrected chi connectivity index (χ1v) is 7.17. The van der Waals surface area contributed by atoms with Crippen molar-refractivity contribution in [1.82, 2.24) is 9.88 Å². The summed E-state index contributed by atoms with van der Waals surface area (Å²) in [5.74, 6) is 0.632. The van der Waals surface area contributed by atoms with Crippen LogP contribution in [0.5, 0.6) is 5.88 Å². The van der Waals surface area contributed by atoms with Gasteiger partial charge < -0.3 is 9.64 Å². The van der Waals surface area contributed by atoms with Crippen molar-refractivity contribution in [3.63, 3.8) is 0 Å². The molecule has 1 saturated carbocycles. The molecule has 0 N–H and O–H groups in total. The molecule has 1 saturated heterocycles. The topological polar surface area (TPSA) is 42.4 Å². The van der Waals surface area contributed by atoms with Gasteiger partial charge in [-0.3, -0.25) is 4.79 Å². The van der Waals surface area contributed by atoms with Gasteiger partial charge in [-0.2, -0.15) is 0 Å². The molecule has 2 heterocycles. The first-order valence-electron chi connectivity index (χ1n) is 7.17. The third kappa shape index (κ3) is 2.95. The van der Waals surface area contributed by atoms with Crippen molar-refractivity contribution >= 4 is 6.29 Å². The van der Waals surface area contributed by atoms with Crippen molar-refractivity contribution in [3.05, 3.63) is 23.9 Å². The Morgan fingerprint density at radius 1 is 1.21 bits per heavy atom. The monoisotopic (exact) mass is 260 g/mol. The van der Waals surface area contributed by atoms with Crippen LogP contribution in [0.15, 0.2) is 18.3 Å². The average molecular weight is 260 g/mol. The van der Waals surface area contributed by atoms with Gasteiger partial charge in [0.2, 0.25) is 5.88 Å². The van der Waals surface area contributed by atoms with Crippen LogP contribution in [0.2, 0.25) is 0 Å². The largest absolute Gasteiger partial charge is 0.474 e. The van der Waals surface area contributed by atoms with E-state index in [1.165, 1.54) is 19.3 Å². The van der Waals surface area contributed by atoms with E-state index in [2.05, 4.69) is 9.88 Å². The normalized spacial score (nSPS) is 21.9. The molecule has 1 aliphatic carbocycles. The van der Waals surface area contributed by atoms with E-state index in [0.29, 0.717) is 11.4 Å². The number of carbonyl (C=O) groups is 1. The van der Waals surface area contributed by atoms with Gasteiger partial charge >= 0.3 is 0 Å². The summed E-state index contributed by atoms with van der Waals surface area (Å²) < 4.78 is 5.88. The number of carbonyl (C=O) groups excluding carboxylic acids is 1. The van der Waals surface area contributed by atoms with Crippen molar-refractivity contribution in [1.29, 1.82) is 0 Å². The zero-order valence-corrected chi connectivity index (χ0v) is 11.1. The molecule has 1 aromatic rings. The average Bonchev–Trinajstić information content (AvgIpc) is 2.40. The predicted molar refractivity (Wildman–Crippen MR) is 72.5 cm³/mol. The maximum Gasteiger partial charge on any atom is 0.213 e. The molecule has 2 fully saturated rings. The Bertz CT molecular complexity index is 420. The number of aldehydes is 1. The van der Waals surface area contributed by atoms with Crippen LogP contribution in [0.1, 0.15) is 42.5 Å². The number of likely N-dealkylation sites (tertiary alicyclic amines) is 1. The molecule has 102 valence electrons. The van der Waals surface area contributed by atoms with E-state index in [-0.39, 0.29) is 6.10 Å². The lowest BCUT2D eigenvalue weighted by molar-refractivity contribution is 0.0475. The highest BCUT2D eigenvalue weighted by molar-refractivity contribution is 5.73. The molecule has 2 aliphatic rings. The molecule has 0 atom stereocenters. The summed E-state index contributed by atoms with van der Waals surface area (Å²) in [6.07, 6.45) is 8.93. The highest BCUT2D eigenvalue weighted by Gasteiger charge is 2.29. The zero-order valence-electron chi connectivity index (χ0n) is 11.1. The van der Waals surface area contributed by atoms with Gasteiger partial charge in [0.1, 0.15) is 6.10 Å². The van der Waals surface area contributed by atoms with Crippen LogP contribution in [-0.4, -0.2) is 41.4 Å². The van der Waals surface area contributed by atoms with Crippen LogP contribution < -0.4 is 4.74 Å². The molecule has 1 aliphatic heterocycles. The number of piperidine rings is 1. The van der Waals surface area contributed by atoms with Crippen molar-refractivity contribution < 1.29 is 9.53 Å². The van der Waals surface area contributed by atoms with Crippen LogP contribution in [0.25, 0.3) is 0 Å². The van der Waals surface area contributed by atoms with E-state index in [4.69, 9.17) is 4.74 Å². The number of nitrogens with zero attached hydrogens (tertiary/aromatic N) is 2. The molecule has 0 amide bonds. The summed E-state index contributed by atoms with van der Waals surface area (Å²) in [4.78, 5) is 17.3. The number of ether oxygens (including phenoxy) is 1. The zero-order chi connectivity index (χ0) is 13.1. The van der Waals surface area contributed by atoms with Crippen molar-refractivity contribution in [2.24, 2.45) is 0 Å². The molecule has 1 aromatic heterocycles. The lowest BCUT2D eigenvalue weighted by Crippen LogP contribution is -2.46. The molecule has 0 radical (unpaired) electrons. The fourth-order valence-electron chi connectivity index (χ4n) is 2.81. The van der Waals surface area contributed by atoms with E-state index in [1.54, 1.807) is 18.3 Å². The van der Waals surface area contributed by atoms with Gasteiger partial charge in [-0.25, -0.2) is 4.98 Å². The molecule has 3 rings (SSSR count). The lowest BCUT2D eigenvalue weighted by Gasteiger charge is -2.41. The Kier molecular flexibility index (Phi) is 3.78. The third-order valence-electron chi connectivity index (χ3n) is 4.25. The van der Waals surface area contributed by atoms with Gasteiger partial charge in [-0.05, 0) is 31.7 Å². The standard InChI is InChI=1S/C15H20N2O2/c18-11-12-4-5-15(16-10-12)19-14-6-8-17(9-7-14)13-2-1-3-13/h4-5,10-11,13-14H,1-3,6-9H2. The van der Waals surface area contributed by atoms with E-state index in [0.717, 1.165) is 38.3 Å². The summed E-state index contributed by atoms with van der Waals surface area (Å²) in [5, 5.41) is 0. The van der Waals surface area contributed by atoms with Gasteiger partial charge in [-0.1, -0.05) is 6.42 Å². The van der Waals surface area contributed by atoms with Crippen LogP contribution >= 0.6 is 0 Å². The SMILES string of the molecule is O=Cc1ccc(OC2CCN(C3CCC3)CC2)nc1. The summed E-state index contributed by atoms with van der Waals surface area (Å²) in [7, 11) is 0. The minimum absolute atomic E-state index is 0.269. The highest BCUT2D eigenvalue weighted by Crippen LogP contribution is 2.28. The molecular formula is C15H20N2O2. The van der Waals surface area contributed by atoms with Gasteiger partial charge in [0.05, 0.1) is 0 Å². The number of pyridine rings is 1. The number of hydrogen-bond acceptors (Lipinski definition) is 4. The Morgan fingerprint density at radius 3 is 2.53 bits per heavy atom. The van der Waals surface area contributed by atoms with E-state index >= 15 is 0 Å². The molecule has 0 spiro atoms. The third-order valence-corrected chi connectivity index (χ3v) is 4.25. The predicted octanol–water partition coefficient (Wildman–Crippen LogP) is 2.29. The maximum absolute atomic E-state index is 10.6. The van der Waals surface area contributed by atoms with Gasteiger partial charge in [0.25, 0.3) is 0 Å². The van der Waals surface area contributed by atoms with Crippen molar-refractivity contribution in [3.8, 4) is 5.88 Å². The van der Waals surface area contributed by atoms with Crippen LogP contribution in [0.4, 0.5) is 0 Å². The molecule has 0 unspecified atom stereocenters. The van der Waals surface area contributed by atoms with E-state index in [1.807, 2.05) is 0 Å². The molecule has 0 bridgehead atoms. The van der Waals surface area contributed by atoms with Gasteiger partial charge in [-0.15, -0.1) is 0 Å². The molecule has 19 heavy (non-hydrogen) atoms. The first kappa shape index (κ1) is 12.6. The fraction of sp³-hybridized carbons (Fsp3) is 0.600.